The summed E-state index contributed by atoms with van der Waals surface area (Å²) in [5.41, 5.74) is 5.04. The normalized spacial score (nSPS) is 16.1. The summed E-state index contributed by atoms with van der Waals surface area (Å²) in [7, 11) is 3.92. The Balaban J connectivity index is 1.52. The second-order valence-electron chi connectivity index (χ2n) is 7.66. The van der Waals surface area contributed by atoms with Crippen molar-refractivity contribution in [3.63, 3.8) is 0 Å². The maximum Gasteiger partial charge on any atom is 0.297 e. The summed E-state index contributed by atoms with van der Waals surface area (Å²) in [5.74, 6) is 0.653. The number of rotatable bonds is 6. The summed E-state index contributed by atoms with van der Waals surface area (Å²) < 4.78 is 7.80. The van der Waals surface area contributed by atoms with Gasteiger partial charge in [0.25, 0.3) is 6.01 Å². The fourth-order valence-corrected chi connectivity index (χ4v) is 4.18. The van der Waals surface area contributed by atoms with E-state index in [1.54, 1.807) is 7.11 Å². The monoisotopic (exact) mass is 363 g/mol. The zero-order valence-electron chi connectivity index (χ0n) is 16.4. The quantitative estimate of drug-likeness (QED) is 0.646. The Labute approximate surface area is 161 Å². The Morgan fingerprint density at radius 1 is 1.07 bits per heavy atom. The van der Waals surface area contributed by atoms with E-state index in [2.05, 4.69) is 65.0 Å². The van der Waals surface area contributed by atoms with E-state index in [0.717, 1.165) is 30.9 Å². The fraction of sp³-hybridized carbons (Fsp3) is 0.435. The van der Waals surface area contributed by atoms with E-state index in [0.29, 0.717) is 5.92 Å². The van der Waals surface area contributed by atoms with Crippen LogP contribution >= 0.6 is 0 Å². The number of aromatic nitrogens is 2. The van der Waals surface area contributed by atoms with Crippen LogP contribution < -0.4 is 4.74 Å². The molecule has 1 aliphatic rings. The van der Waals surface area contributed by atoms with Crippen molar-refractivity contribution in [3.8, 4) is 6.01 Å². The Morgan fingerprint density at radius 3 is 2.59 bits per heavy atom. The number of imidazole rings is 1. The molecule has 1 fully saturated rings. The van der Waals surface area contributed by atoms with Gasteiger partial charge in [-0.3, -0.25) is 4.57 Å². The fourth-order valence-electron chi connectivity index (χ4n) is 4.18. The molecular weight excluding hydrogens is 334 g/mol. The van der Waals surface area contributed by atoms with Gasteiger partial charge in [0.1, 0.15) is 0 Å². The number of hydrogen-bond acceptors (Lipinski definition) is 3. The van der Waals surface area contributed by atoms with E-state index in [4.69, 9.17) is 9.72 Å². The lowest BCUT2D eigenvalue weighted by atomic mass is 9.89. The molecule has 0 bridgehead atoms. The van der Waals surface area contributed by atoms with Crippen molar-refractivity contribution in [1.82, 2.24) is 14.5 Å². The van der Waals surface area contributed by atoms with Crippen molar-refractivity contribution in [1.29, 1.82) is 0 Å². The van der Waals surface area contributed by atoms with Crippen LogP contribution in [0.1, 0.15) is 36.3 Å². The first-order valence-corrected chi connectivity index (χ1v) is 10.0. The van der Waals surface area contributed by atoms with Gasteiger partial charge in [0, 0.05) is 6.54 Å². The van der Waals surface area contributed by atoms with Gasteiger partial charge >= 0.3 is 0 Å². The predicted octanol–water partition coefficient (Wildman–Crippen LogP) is 4.49. The van der Waals surface area contributed by atoms with E-state index in [1.165, 1.54) is 42.6 Å². The van der Waals surface area contributed by atoms with Crippen LogP contribution in [0.25, 0.3) is 11.0 Å². The number of piperidine rings is 1. The van der Waals surface area contributed by atoms with Crippen molar-refractivity contribution >= 4 is 11.0 Å². The third kappa shape index (κ3) is 4.01. The minimum absolute atomic E-state index is 0.653. The lowest BCUT2D eigenvalue weighted by Crippen LogP contribution is -2.29. The van der Waals surface area contributed by atoms with Gasteiger partial charge in [-0.15, -0.1) is 0 Å². The molecular formula is C23H29N3O. The van der Waals surface area contributed by atoms with Crippen molar-refractivity contribution in [2.75, 3.05) is 27.2 Å². The van der Waals surface area contributed by atoms with Crippen molar-refractivity contribution in [3.05, 3.63) is 59.7 Å². The third-order valence-corrected chi connectivity index (χ3v) is 5.80. The highest BCUT2D eigenvalue weighted by molar-refractivity contribution is 5.77. The standard InChI is InChI=1S/C23H29N3O/c1-25-15-12-19(13-16-25)20-10-11-22-21(17-20)24-23(27-2)26(22)14-6-9-18-7-4-3-5-8-18/h3-5,7-8,10-11,17,19H,6,9,12-16H2,1-2H3. The molecule has 0 atom stereocenters. The highest BCUT2D eigenvalue weighted by atomic mass is 16.5. The number of aryl methyl sites for hydroxylation is 2. The van der Waals surface area contributed by atoms with Crippen LogP contribution in [0.4, 0.5) is 0 Å². The van der Waals surface area contributed by atoms with E-state index in [9.17, 15) is 0 Å². The lowest BCUT2D eigenvalue weighted by molar-refractivity contribution is 0.255. The van der Waals surface area contributed by atoms with Gasteiger partial charge in [-0.05, 0) is 75.0 Å². The number of methoxy groups -OCH3 is 1. The van der Waals surface area contributed by atoms with Gasteiger partial charge in [-0.25, -0.2) is 0 Å². The first-order valence-electron chi connectivity index (χ1n) is 10.0. The van der Waals surface area contributed by atoms with Crippen molar-refractivity contribution < 1.29 is 4.74 Å². The van der Waals surface area contributed by atoms with Gasteiger partial charge in [0.15, 0.2) is 0 Å². The van der Waals surface area contributed by atoms with Gasteiger partial charge in [0.05, 0.1) is 18.1 Å². The SMILES string of the molecule is COc1nc2cc(C3CCN(C)CC3)ccc2n1CCCc1ccccc1. The predicted molar refractivity (Wildman–Crippen MR) is 111 cm³/mol. The molecule has 0 radical (unpaired) electrons. The summed E-state index contributed by atoms with van der Waals surface area (Å²) in [4.78, 5) is 7.17. The van der Waals surface area contributed by atoms with Crippen LogP contribution in [0.5, 0.6) is 6.01 Å². The molecule has 142 valence electrons. The second kappa shape index (κ2) is 8.13. The summed E-state index contributed by atoms with van der Waals surface area (Å²) in [6.07, 6.45) is 4.60. The zero-order chi connectivity index (χ0) is 18.6. The molecule has 4 rings (SSSR count). The van der Waals surface area contributed by atoms with Gasteiger partial charge < -0.3 is 9.64 Å². The van der Waals surface area contributed by atoms with Crippen LogP contribution in [0.15, 0.2) is 48.5 Å². The van der Waals surface area contributed by atoms with E-state index >= 15 is 0 Å². The molecule has 0 spiro atoms. The topological polar surface area (TPSA) is 30.3 Å². The van der Waals surface area contributed by atoms with Crippen LogP contribution in [0.2, 0.25) is 0 Å². The first kappa shape index (κ1) is 18.1. The van der Waals surface area contributed by atoms with Crippen LogP contribution in [0, 0.1) is 0 Å². The molecule has 0 saturated carbocycles. The molecule has 1 saturated heterocycles. The van der Waals surface area contributed by atoms with Crippen LogP contribution in [-0.2, 0) is 13.0 Å². The molecule has 0 N–H and O–H groups in total. The third-order valence-electron chi connectivity index (χ3n) is 5.80. The Hall–Kier alpha value is -2.33. The summed E-state index contributed by atoms with van der Waals surface area (Å²) >= 11 is 0. The average molecular weight is 364 g/mol. The number of hydrogen-bond donors (Lipinski definition) is 0. The molecule has 3 aromatic rings. The Morgan fingerprint density at radius 2 is 1.85 bits per heavy atom. The molecule has 0 unspecified atom stereocenters. The Kier molecular flexibility index (Phi) is 5.44. The highest BCUT2D eigenvalue weighted by Gasteiger charge is 2.20. The van der Waals surface area contributed by atoms with Gasteiger partial charge in [-0.2, -0.15) is 4.98 Å². The highest BCUT2D eigenvalue weighted by Crippen LogP contribution is 2.31. The average Bonchev–Trinajstić information content (AvgIpc) is 3.06. The van der Waals surface area contributed by atoms with Crippen molar-refractivity contribution in [2.45, 2.75) is 38.1 Å². The van der Waals surface area contributed by atoms with E-state index in [1.807, 2.05) is 0 Å². The summed E-state index contributed by atoms with van der Waals surface area (Å²) in [5, 5.41) is 0. The van der Waals surface area contributed by atoms with Crippen molar-refractivity contribution in [2.24, 2.45) is 0 Å². The maximum atomic E-state index is 5.58. The summed E-state index contributed by atoms with van der Waals surface area (Å²) in [6.45, 7) is 3.28. The molecule has 0 aliphatic carbocycles. The number of ether oxygens (including phenoxy) is 1. The van der Waals surface area contributed by atoms with E-state index < -0.39 is 0 Å². The minimum Gasteiger partial charge on any atom is -0.468 e. The van der Waals surface area contributed by atoms with E-state index in [-0.39, 0.29) is 0 Å². The smallest absolute Gasteiger partial charge is 0.297 e. The molecule has 0 amide bonds. The number of fused-ring (bicyclic) bond motifs is 1. The summed E-state index contributed by atoms with van der Waals surface area (Å²) in [6, 6.07) is 18.2. The first-order chi connectivity index (χ1) is 13.2. The maximum absolute atomic E-state index is 5.58. The Bertz CT molecular complexity index is 879. The number of nitrogens with zero attached hydrogens (tertiary/aromatic N) is 3. The molecule has 1 aromatic heterocycles. The van der Waals surface area contributed by atoms with Crippen LogP contribution in [-0.4, -0.2) is 41.7 Å². The van der Waals surface area contributed by atoms with Gasteiger partial charge in [0.2, 0.25) is 0 Å². The molecule has 2 aromatic carbocycles. The zero-order valence-corrected chi connectivity index (χ0v) is 16.4. The molecule has 2 heterocycles. The molecule has 1 aliphatic heterocycles. The molecule has 4 heteroatoms. The molecule has 4 nitrogen and oxygen atoms in total. The lowest BCUT2D eigenvalue weighted by Gasteiger charge is -2.29. The number of likely N-dealkylation sites (tertiary alicyclic amines) is 1. The van der Waals surface area contributed by atoms with Crippen LogP contribution in [0.3, 0.4) is 0 Å². The number of benzene rings is 2. The largest absolute Gasteiger partial charge is 0.468 e. The second-order valence-corrected chi connectivity index (χ2v) is 7.66. The molecule has 27 heavy (non-hydrogen) atoms. The minimum atomic E-state index is 0.653. The van der Waals surface area contributed by atoms with Gasteiger partial charge in [-0.1, -0.05) is 36.4 Å².